The van der Waals surface area contributed by atoms with Crippen molar-refractivity contribution in [2.75, 3.05) is 6.54 Å². The van der Waals surface area contributed by atoms with Gasteiger partial charge >= 0.3 is 0 Å². The van der Waals surface area contributed by atoms with Crippen molar-refractivity contribution in [1.29, 1.82) is 0 Å². The molecule has 0 bridgehead atoms. The van der Waals surface area contributed by atoms with Gasteiger partial charge in [-0.25, -0.2) is 4.98 Å². The van der Waals surface area contributed by atoms with Crippen LogP contribution < -0.4 is 5.32 Å². The van der Waals surface area contributed by atoms with E-state index in [0.29, 0.717) is 0 Å². The molecule has 0 aliphatic carbocycles. The summed E-state index contributed by atoms with van der Waals surface area (Å²) in [4.78, 5) is 7.18. The predicted molar refractivity (Wildman–Crippen MR) is 49.7 cm³/mol. The van der Waals surface area contributed by atoms with Crippen molar-refractivity contribution in [1.82, 2.24) is 15.3 Å². The van der Waals surface area contributed by atoms with E-state index in [9.17, 15) is 0 Å². The van der Waals surface area contributed by atoms with Crippen LogP contribution in [0.5, 0.6) is 0 Å². The van der Waals surface area contributed by atoms with Crippen LogP contribution in [-0.4, -0.2) is 16.5 Å². The maximum Gasteiger partial charge on any atom is 0.120 e. The molecule has 1 heterocycles. The largest absolute Gasteiger partial charge is 0.348 e. The average Bonchev–Trinajstić information content (AvgIpc) is 2.57. The van der Waals surface area contributed by atoms with Gasteiger partial charge in [0, 0.05) is 12.4 Å². The first-order chi connectivity index (χ1) is 5.83. The van der Waals surface area contributed by atoms with Gasteiger partial charge in [-0.15, -0.1) is 0 Å². The maximum atomic E-state index is 4.12. The van der Waals surface area contributed by atoms with Crippen molar-refractivity contribution in [2.24, 2.45) is 5.92 Å². The highest BCUT2D eigenvalue weighted by Gasteiger charge is 1.98. The van der Waals surface area contributed by atoms with Crippen molar-refractivity contribution >= 4 is 0 Å². The minimum Gasteiger partial charge on any atom is -0.348 e. The average molecular weight is 167 g/mol. The highest BCUT2D eigenvalue weighted by atomic mass is 15.0. The SMILES string of the molecule is CCC(C)CNCc1ncc[nH]1. The number of aromatic amines is 1. The van der Waals surface area contributed by atoms with Gasteiger partial charge in [0.25, 0.3) is 0 Å². The number of nitrogens with one attached hydrogen (secondary N) is 2. The molecule has 0 radical (unpaired) electrons. The van der Waals surface area contributed by atoms with Crippen LogP contribution in [-0.2, 0) is 6.54 Å². The van der Waals surface area contributed by atoms with Crippen LogP contribution in [0.3, 0.4) is 0 Å². The summed E-state index contributed by atoms with van der Waals surface area (Å²) in [5, 5.41) is 3.34. The first kappa shape index (κ1) is 9.26. The molecule has 0 aliphatic rings. The summed E-state index contributed by atoms with van der Waals surface area (Å²) >= 11 is 0. The molecule has 1 aromatic heterocycles. The van der Waals surface area contributed by atoms with Crippen LogP contribution >= 0.6 is 0 Å². The summed E-state index contributed by atoms with van der Waals surface area (Å²) in [6, 6.07) is 0. The molecule has 0 aromatic carbocycles. The van der Waals surface area contributed by atoms with Crippen molar-refractivity contribution < 1.29 is 0 Å². The molecule has 2 N–H and O–H groups in total. The third-order valence-electron chi connectivity index (χ3n) is 2.04. The Morgan fingerprint density at radius 3 is 3.08 bits per heavy atom. The summed E-state index contributed by atoms with van der Waals surface area (Å²) in [7, 11) is 0. The minimum atomic E-state index is 0.750. The Hall–Kier alpha value is -0.830. The summed E-state index contributed by atoms with van der Waals surface area (Å²) in [6.45, 7) is 6.36. The summed E-state index contributed by atoms with van der Waals surface area (Å²) < 4.78 is 0. The molecule has 0 aliphatic heterocycles. The van der Waals surface area contributed by atoms with Gasteiger partial charge in [0.15, 0.2) is 0 Å². The number of nitrogens with zero attached hydrogens (tertiary/aromatic N) is 1. The Morgan fingerprint density at radius 2 is 2.50 bits per heavy atom. The number of aromatic nitrogens is 2. The van der Waals surface area contributed by atoms with Gasteiger partial charge in [0.05, 0.1) is 6.54 Å². The molecule has 3 nitrogen and oxygen atoms in total. The van der Waals surface area contributed by atoms with E-state index in [0.717, 1.165) is 24.8 Å². The van der Waals surface area contributed by atoms with Crippen molar-refractivity contribution in [3.8, 4) is 0 Å². The van der Waals surface area contributed by atoms with Crippen molar-refractivity contribution in [2.45, 2.75) is 26.8 Å². The lowest BCUT2D eigenvalue weighted by Crippen LogP contribution is -2.20. The fourth-order valence-electron chi connectivity index (χ4n) is 0.976. The van der Waals surface area contributed by atoms with Crippen LogP contribution in [0.15, 0.2) is 12.4 Å². The second kappa shape index (κ2) is 4.93. The molecule has 68 valence electrons. The Labute approximate surface area is 73.6 Å². The van der Waals surface area contributed by atoms with Crippen molar-refractivity contribution in [3.05, 3.63) is 18.2 Å². The monoisotopic (exact) mass is 167 g/mol. The molecule has 0 spiro atoms. The summed E-state index contributed by atoms with van der Waals surface area (Å²) in [5.41, 5.74) is 0. The second-order valence-electron chi connectivity index (χ2n) is 3.18. The highest BCUT2D eigenvalue weighted by Crippen LogP contribution is 1.97. The Morgan fingerprint density at radius 1 is 1.67 bits per heavy atom. The first-order valence-electron chi connectivity index (χ1n) is 4.52. The molecule has 0 saturated carbocycles. The quantitative estimate of drug-likeness (QED) is 0.698. The molecule has 1 atom stereocenters. The lowest BCUT2D eigenvalue weighted by Gasteiger charge is -2.08. The third kappa shape index (κ3) is 3.05. The second-order valence-corrected chi connectivity index (χ2v) is 3.18. The molecule has 1 aromatic rings. The van der Waals surface area contributed by atoms with E-state index in [4.69, 9.17) is 0 Å². The molecule has 0 saturated heterocycles. The van der Waals surface area contributed by atoms with Gasteiger partial charge in [0.2, 0.25) is 0 Å². The third-order valence-corrected chi connectivity index (χ3v) is 2.04. The zero-order valence-corrected chi connectivity index (χ0v) is 7.80. The van der Waals surface area contributed by atoms with Crippen LogP contribution in [0.4, 0.5) is 0 Å². The normalized spacial score (nSPS) is 13.2. The molecule has 1 rings (SSSR count). The summed E-state index contributed by atoms with van der Waals surface area (Å²) in [5.74, 6) is 1.76. The Kier molecular flexibility index (Phi) is 3.80. The van der Waals surface area contributed by atoms with Gasteiger partial charge in [-0.05, 0) is 12.5 Å². The Balaban J connectivity index is 2.11. The van der Waals surface area contributed by atoms with E-state index in [1.165, 1.54) is 6.42 Å². The number of imidazole rings is 1. The van der Waals surface area contributed by atoms with E-state index in [1.54, 1.807) is 6.20 Å². The van der Waals surface area contributed by atoms with Gasteiger partial charge in [-0.1, -0.05) is 20.3 Å². The lowest BCUT2D eigenvalue weighted by atomic mass is 10.1. The van der Waals surface area contributed by atoms with Crippen LogP contribution in [0.25, 0.3) is 0 Å². The maximum absolute atomic E-state index is 4.12. The number of rotatable bonds is 5. The van der Waals surface area contributed by atoms with Crippen LogP contribution in [0.2, 0.25) is 0 Å². The smallest absolute Gasteiger partial charge is 0.120 e. The van der Waals surface area contributed by atoms with E-state index >= 15 is 0 Å². The fourth-order valence-corrected chi connectivity index (χ4v) is 0.976. The highest BCUT2D eigenvalue weighted by molar-refractivity contribution is 4.85. The molecule has 12 heavy (non-hydrogen) atoms. The molecule has 3 heteroatoms. The zero-order chi connectivity index (χ0) is 8.81. The minimum absolute atomic E-state index is 0.750. The number of hydrogen-bond donors (Lipinski definition) is 2. The number of hydrogen-bond acceptors (Lipinski definition) is 2. The summed E-state index contributed by atoms with van der Waals surface area (Å²) in [6.07, 6.45) is 4.85. The molecule has 1 unspecified atom stereocenters. The van der Waals surface area contributed by atoms with Crippen LogP contribution in [0, 0.1) is 5.92 Å². The van der Waals surface area contributed by atoms with E-state index < -0.39 is 0 Å². The van der Waals surface area contributed by atoms with Gasteiger partial charge in [-0.2, -0.15) is 0 Å². The topological polar surface area (TPSA) is 40.7 Å². The molecule has 0 fully saturated rings. The fraction of sp³-hybridized carbons (Fsp3) is 0.667. The van der Waals surface area contributed by atoms with E-state index in [2.05, 4.69) is 29.1 Å². The molecular weight excluding hydrogens is 150 g/mol. The van der Waals surface area contributed by atoms with Gasteiger partial charge < -0.3 is 10.3 Å². The van der Waals surface area contributed by atoms with E-state index in [-0.39, 0.29) is 0 Å². The Bertz CT molecular complexity index is 194. The van der Waals surface area contributed by atoms with Gasteiger partial charge in [-0.3, -0.25) is 0 Å². The van der Waals surface area contributed by atoms with Crippen LogP contribution in [0.1, 0.15) is 26.1 Å². The molecular formula is C9H17N3. The molecule has 0 amide bonds. The predicted octanol–water partition coefficient (Wildman–Crippen LogP) is 1.55. The number of H-pyrrole nitrogens is 1. The van der Waals surface area contributed by atoms with Crippen molar-refractivity contribution in [3.63, 3.8) is 0 Å². The van der Waals surface area contributed by atoms with Gasteiger partial charge in [0.1, 0.15) is 5.82 Å². The zero-order valence-electron chi connectivity index (χ0n) is 7.80. The lowest BCUT2D eigenvalue weighted by molar-refractivity contribution is 0.495. The standard InChI is InChI=1S/C9H17N3/c1-3-8(2)6-10-7-9-11-4-5-12-9/h4-5,8,10H,3,6-7H2,1-2H3,(H,11,12). The first-order valence-corrected chi connectivity index (χ1v) is 4.52. The van der Waals surface area contributed by atoms with E-state index in [1.807, 2.05) is 6.20 Å².